The van der Waals surface area contributed by atoms with Crippen molar-refractivity contribution in [1.29, 1.82) is 0 Å². The third-order valence-electron chi connectivity index (χ3n) is 3.41. The molecule has 2 rings (SSSR count). The van der Waals surface area contributed by atoms with E-state index < -0.39 is 0 Å². The van der Waals surface area contributed by atoms with E-state index in [1.165, 1.54) is 12.1 Å². The van der Waals surface area contributed by atoms with Crippen LogP contribution in [0.15, 0.2) is 47.1 Å². The largest absolute Gasteiger partial charge is 0.468 e. The zero-order valence-corrected chi connectivity index (χ0v) is 12.2. The molecule has 1 aromatic carbocycles. The maximum atomic E-state index is 12.8. The third-order valence-corrected chi connectivity index (χ3v) is 3.41. The molecule has 1 heterocycles. The molecule has 0 radical (unpaired) electrons. The molecule has 21 heavy (non-hydrogen) atoms. The topological polar surface area (TPSA) is 45.5 Å². The van der Waals surface area contributed by atoms with Gasteiger partial charge >= 0.3 is 0 Å². The zero-order chi connectivity index (χ0) is 15.2. The third kappa shape index (κ3) is 4.43. The van der Waals surface area contributed by atoms with Gasteiger partial charge in [0.1, 0.15) is 11.6 Å². The quantitative estimate of drug-likeness (QED) is 0.889. The monoisotopic (exact) mass is 290 g/mol. The Balaban J connectivity index is 1.83. The summed E-state index contributed by atoms with van der Waals surface area (Å²) in [4.78, 5) is 14.0. The number of hydrogen-bond acceptors (Lipinski definition) is 3. The highest BCUT2D eigenvalue weighted by Crippen LogP contribution is 2.07. The first-order valence-corrected chi connectivity index (χ1v) is 6.81. The Morgan fingerprint density at radius 1 is 1.33 bits per heavy atom. The second-order valence-corrected chi connectivity index (χ2v) is 5.01. The van der Waals surface area contributed by atoms with Crippen LogP contribution in [0.3, 0.4) is 0 Å². The molecule has 1 unspecified atom stereocenters. The molecular weight excluding hydrogens is 271 g/mol. The molecule has 0 saturated heterocycles. The minimum absolute atomic E-state index is 0.0756. The van der Waals surface area contributed by atoms with Gasteiger partial charge in [-0.1, -0.05) is 12.1 Å². The van der Waals surface area contributed by atoms with Crippen molar-refractivity contribution < 1.29 is 13.6 Å². The van der Waals surface area contributed by atoms with E-state index in [1.807, 2.05) is 31.0 Å². The fraction of sp³-hybridized carbons (Fsp3) is 0.312. The van der Waals surface area contributed by atoms with Crippen LogP contribution in [0.4, 0.5) is 4.39 Å². The summed E-state index contributed by atoms with van der Waals surface area (Å²) in [5.41, 5.74) is 0.866. The number of carbonyl (C=O) groups is 1. The van der Waals surface area contributed by atoms with Gasteiger partial charge in [0.05, 0.1) is 18.8 Å². The standard InChI is InChI=1S/C16H19FN2O2/c1-12(19(2)11-15-4-3-9-21-15)16(20)18-10-13-5-7-14(17)8-6-13/h3-9,12H,10-11H2,1-2H3,(H,18,20). The highest BCUT2D eigenvalue weighted by Gasteiger charge is 2.18. The van der Waals surface area contributed by atoms with Crippen LogP contribution in [0.5, 0.6) is 0 Å². The van der Waals surface area contributed by atoms with Gasteiger partial charge in [-0.15, -0.1) is 0 Å². The molecule has 0 fully saturated rings. The van der Waals surface area contributed by atoms with Crippen LogP contribution in [0.1, 0.15) is 18.2 Å². The summed E-state index contributed by atoms with van der Waals surface area (Å²) in [6.07, 6.45) is 1.61. The molecule has 0 aliphatic rings. The van der Waals surface area contributed by atoms with Crippen LogP contribution in [0.2, 0.25) is 0 Å². The number of likely N-dealkylation sites (N-methyl/N-ethyl adjacent to an activating group) is 1. The average Bonchev–Trinajstić information content (AvgIpc) is 2.98. The van der Waals surface area contributed by atoms with E-state index in [9.17, 15) is 9.18 Å². The average molecular weight is 290 g/mol. The molecule has 1 N–H and O–H groups in total. The lowest BCUT2D eigenvalue weighted by Gasteiger charge is -2.22. The van der Waals surface area contributed by atoms with Crippen molar-refractivity contribution >= 4 is 5.91 Å². The zero-order valence-electron chi connectivity index (χ0n) is 12.2. The number of amides is 1. The van der Waals surface area contributed by atoms with E-state index >= 15 is 0 Å². The molecular formula is C16H19FN2O2. The highest BCUT2D eigenvalue weighted by molar-refractivity contribution is 5.81. The highest BCUT2D eigenvalue weighted by atomic mass is 19.1. The van der Waals surface area contributed by atoms with Gasteiger partial charge in [0.15, 0.2) is 0 Å². The predicted octanol–water partition coefficient (Wildman–Crippen LogP) is 2.56. The van der Waals surface area contributed by atoms with Crippen LogP contribution < -0.4 is 5.32 Å². The molecule has 0 aliphatic heterocycles. The maximum absolute atomic E-state index is 12.8. The first kappa shape index (κ1) is 15.3. The van der Waals surface area contributed by atoms with Gasteiger partial charge in [-0.3, -0.25) is 9.69 Å². The molecule has 0 aliphatic carbocycles. The van der Waals surface area contributed by atoms with E-state index in [-0.39, 0.29) is 17.8 Å². The molecule has 112 valence electrons. The summed E-state index contributed by atoms with van der Waals surface area (Å²) in [6, 6.07) is 9.50. The van der Waals surface area contributed by atoms with Crippen molar-refractivity contribution in [3.63, 3.8) is 0 Å². The number of nitrogens with one attached hydrogen (secondary N) is 1. The molecule has 0 saturated carbocycles. The molecule has 4 nitrogen and oxygen atoms in total. The molecule has 0 spiro atoms. The Bertz CT molecular complexity index is 566. The molecule has 0 bridgehead atoms. The Hall–Kier alpha value is -2.14. The Morgan fingerprint density at radius 3 is 2.67 bits per heavy atom. The fourth-order valence-electron chi connectivity index (χ4n) is 1.92. The molecule has 1 aromatic heterocycles. The van der Waals surface area contributed by atoms with E-state index in [1.54, 1.807) is 18.4 Å². The Morgan fingerprint density at radius 2 is 2.05 bits per heavy atom. The minimum atomic E-state index is -0.282. The second-order valence-electron chi connectivity index (χ2n) is 5.01. The van der Waals surface area contributed by atoms with Crippen LogP contribution >= 0.6 is 0 Å². The van der Waals surface area contributed by atoms with Gasteiger partial charge < -0.3 is 9.73 Å². The molecule has 5 heteroatoms. The summed E-state index contributed by atoms with van der Waals surface area (Å²) in [6.45, 7) is 2.79. The van der Waals surface area contributed by atoms with Gasteiger partial charge in [-0.05, 0) is 43.8 Å². The van der Waals surface area contributed by atoms with Crippen molar-refractivity contribution in [3.8, 4) is 0 Å². The fourth-order valence-corrected chi connectivity index (χ4v) is 1.92. The van der Waals surface area contributed by atoms with Crippen LogP contribution in [0, 0.1) is 5.82 Å². The normalized spacial score (nSPS) is 12.4. The lowest BCUT2D eigenvalue weighted by atomic mass is 10.2. The van der Waals surface area contributed by atoms with Crippen molar-refractivity contribution in [1.82, 2.24) is 10.2 Å². The summed E-state index contributed by atoms with van der Waals surface area (Å²) in [7, 11) is 1.87. The van der Waals surface area contributed by atoms with E-state index in [0.717, 1.165) is 11.3 Å². The number of carbonyl (C=O) groups excluding carboxylic acids is 1. The smallest absolute Gasteiger partial charge is 0.237 e. The molecule has 1 amide bonds. The number of rotatable bonds is 6. The number of furan rings is 1. The van der Waals surface area contributed by atoms with Gasteiger partial charge in [-0.2, -0.15) is 0 Å². The van der Waals surface area contributed by atoms with Crippen molar-refractivity contribution in [2.24, 2.45) is 0 Å². The van der Waals surface area contributed by atoms with Crippen LogP contribution in [-0.2, 0) is 17.9 Å². The summed E-state index contributed by atoms with van der Waals surface area (Å²) < 4.78 is 18.1. The number of nitrogens with zero attached hydrogens (tertiary/aromatic N) is 1. The van der Waals surface area contributed by atoms with Gasteiger partial charge in [0.25, 0.3) is 0 Å². The summed E-state index contributed by atoms with van der Waals surface area (Å²) >= 11 is 0. The first-order chi connectivity index (χ1) is 10.1. The number of halogens is 1. The van der Waals surface area contributed by atoms with Gasteiger partial charge in [-0.25, -0.2) is 4.39 Å². The summed E-state index contributed by atoms with van der Waals surface area (Å²) in [5.74, 6) is 0.459. The Labute approximate surface area is 123 Å². The first-order valence-electron chi connectivity index (χ1n) is 6.81. The van der Waals surface area contributed by atoms with Crippen molar-refractivity contribution in [2.75, 3.05) is 7.05 Å². The Kier molecular flexibility index (Phi) is 5.11. The van der Waals surface area contributed by atoms with E-state index in [0.29, 0.717) is 13.1 Å². The van der Waals surface area contributed by atoms with Gasteiger partial charge in [0.2, 0.25) is 5.91 Å². The van der Waals surface area contributed by atoms with E-state index in [4.69, 9.17) is 4.42 Å². The van der Waals surface area contributed by atoms with E-state index in [2.05, 4.69) is 5.32 Å². The number of benzene rings is 1. The lowest BCUT2D eigenvalue weighted by Crippen LogP contribution is -2.42. The molecule has 1 atom stereocenters. The predicted molar refractivity (Wildman–Crippen MR) is 77.9 cm³/mol. The van der Waals surface area contributed by atoms with Crippen LogP contribution in [-0.4, -0.2) is 23.9 Å². The van der Waals surface area contributed by atoms with Crippen molar-refractivity contribution in [2.45, 2.75) is 26.1 Å². The molecule has 2 aromatic rings. The maximum Gasteiger partial charge on any atom is 0.237 e. The summed E-state index contributed by atoms with van der Waals surface area (Å²) in [5, 5.41) is 2.85. The lowest BCUT2D eigenvalue weighted by molar-refractivity contribution is -0.125. The number of hydrogen-bond donors (Lipinski definition) is 1. The second kappa shape index (κ2) is 7.04. The minimum Gasteiger partial charge on any atom is -0.468 e. The van der Waals surface area contributed by atoms with Gasteiger partial charge in [0, 0.05) is 6.54 Å². The van der Waals surface area contributed by atoms with Crippen molar-refractivity contribution in [3.05, 3.63) is 59.8 Å². The SMILES string of the molecule is CC(C(=O)NCc1ccc(F)cc1)N(C)Cc1ccco1. The van der Waals surface area contributed by atoms with Crippen LogP contribution in [0.25, 0.3) is 0 Å².